The van der Waals surface area contributed by atoms with Crippen molar-refractivity contribution >= 4 is 17.9 Å². The van der Waals surface area contributed by atoms with E-state index in [0.29, 0.717) is 0 Å². The van der Waals surface area contributed by atoms with Crippen molar-refractivity contribution in [2.24, 2.45) is 0 Å². The molecule has 0 unspecified atom stereocenters. The minimum atomic E-state index is -4.77. The summed E-state index contributed by atoms with van der Waals surface area (Å²) in [6.07, 6.45) is -6.15. The molecule has 3 amide bonds. The maximum absolute atomic E-state index is 14.0. The van der Waals surface area contributed by atoms with Crippen molar-refractivity contribution in [2.45, 2.75) is 71.0 Å². The van der Waals surface area contributed by atoms with Gasteiger partial charge in [-0.3, -0.25) is 9.59 Å². The molecule has 0 aliphatic carbocycles. The van der Waals surface area contributed by atoms with Gasteiger partial charge in [0.15, 0.2) is 11.5 Å². The van der Waals surface area contributed by atoms with Crippen LogP contribution in [-0.4, -0.2) is 81.7 Å². The van der Waals surface area contributed by atoms with Gasteiger partial charge in [0.2, 0.25) is 11.8 Å². The Balaban J connectivity index is 1.56. The van der Waals surface area contributed by atoms with Crippen LogP contribution in [0.1, 0.15) is 51.1 Å². The zero-order chi connectivity index (χ0) is 30.8. The minimum Gasteiger partial charge on any atom is -0.444 e. The summed E-state index contributed by atoms with van der Waals surface area (Å²) < 4.78 is 66.0. The maximum Gasteiger partial charge on any atom is 0.433 e. The highest BCUT2D eigenvalue weighted by molar-refractivity contribution is 5.80. The molecule has 0 bridgehead atoms. The van der Waals surface area contributed by atoms with Crippen LogP contribution in [0.5, 0.6) is 0 Å². The summed E-state index contributed by atoms with van der Waals surface area (Å²) in [6, 6.07) is 3.92. The molecule has 0 saturated carbocycles. The molecule has 1 aromatic heterocycles. The molecule has 0 spiro atoms. The predicted molar refractivity (Wildman–Crippen MR) is 141 cm³/mol. The van der Waals surface area contributed by atoms with Crippen LogP contribution in [0.15, 0.2) is 24.3 Å². The molecule has 42 heavy (non-hydrogen) atoms. The number of aromatic nitrogens is 2. The largest absolute Gasteiger partial charge is 0.444 e. The van der Waals surface area contributed by atoms with E-state index in [9.17, 15) is 31.9 Å². The Bertz CT molecular complexity index is 1330. The smallest absolute Gasteiger partial charge is 0.433 e. The molecule has 3 heterocycles. The second-order valence-electron chi connectivity index (χ2n) is 11.4. The van der Waals surface area contributed by atoms with Crippen molar-refractivity contribution in [3.8, 4) is 11.4 Å². The highest BCUT2D eigenvalue weighted by Gasteiger charge is 2.40. The molecule has 228 valence electrons. The van der Waals surface area contributed by atoms with E-state index in [0.717, 1.165) is 12.1 Å². The fourth-order valence-corrected chi connectivity index (χ4v) is 4.79. The predicted octanol–water partition coefficient (Wildman–Crippen LogP) is 3.72. The average Bonchev–Trinajstić information content (AvgIpc) is 2.88. The summed E-state index contributed by atoms with van der Waals surface area (Å²) in [6.45, 7) is 6.74. The number of benzene rings is 1. The number of hydrogen-bond acceptors (Lipinski definition) is 7. The van der Waals surface area contributed by atoms with Gasteiger partial charge in [-0.2, -0.15) is 13.2 Å². The number of morpholine rings is 1. The van der Waals surface area contributed by atoms with Crippen LogP contribution in [-0.2, 0) is 38.2 Å². The van der Waals surface area contributed by atoms with Crippen LogP contribution >= 0.6 is 0 Å². The summed E-state index contributed by atoms with van der Waals surface area (Å²) in [5, 5.41) is 2.66. The van der Waals surface area contributed by atoms with Gasteiger partial charge < -0.3 is 24.6 Å². The Morgan fingerprint density at radius 2 is 1.86 bits per heavy atom. The van der Waals surface area contributed by atoms with Gasteiger partial charge in [-0.25, -0.2) is 19.2 Å². The van der Waals surface area contributed by atoms with Crippen molar-refractivity contribution < 1.29 is 41.4 Å². The van der Waals surface area contributed by atoms with Gasteiger partial charge in [0, 0.05) is 37.2 Å². The van der Waals surface area contributed by atoms with Gasteiger partial charge in [0.05, 0.1) is 24.4 Å². The van der Waals surface area contributed by atoms with E-state index < -0.39 is 41.3 Å². The Morgan fingerprint density at radius 1 is 1.17 bits per heavy atom. The molecule has 10 nitrogen and oxygen atoms in total. The van der Waals surface area contributed by atoms with E-state index in [1.165, 1.54) is 21.9 Å². The molecule has 2 atom stereocenters. The standard InChI is InChI=1S/C28H33F4N5O5/c1-16-12-37(23(39)15-41-16)13-19(33-26(40)42-27(2,3)4)11-22(38)36-10-9-20-21(14-36)34-25(35-24(20)28(30,31)32)17-5-7-18(29)8-6-17/h5-8,16,19H,9-15H2,1-4H3,(H,33,40)/t16-,19-/m0/s1. The number of alkyl halides is 3. The summed E-state index contributed by atoms with van der Waals surface area (Å²) in [7, 11) is 0. The average molecular weight is 596 g/mol. The second-order valence-corrected chi connectivity index (χ2v) is 11.4. The van der Waals surface area contributed by atoms with E-state index in [-0.39, 0.29) is 80.3 Å². The number of carbonyl (C=O) groups is 3. The quantitative estimate of drug-likeness (QED) is 0.507. The van der Waals surface area contributed by atoms with Crippen LogP contribution in [0.2, 0.25) is 0 Å². The molecule has 4 rings (SSSR count). The summed E-state index contributed by atoms with van der Waals surface area (Å²) in [5.74, 6) is -1.55. The Labute approximate surface area is 240 Å². The third-order valence-corrected chi connectivity index (χ3v) is 6.69. The molecule has 1 fully saturated rings. The Morgan fingerprint density at radius 3 is 2.50 bits per heavy atom. The van der Waals surface area contributed by atoms with Crippen LogP contribution < -0.4 is 5.32 Å². The fourth-order valence-electron chi connectivity index (χ4n) is 4.79. The van der Waals surface area contributed by atoms with Gasteiger partial charge in [0.1, 0.15) is 18.0 Å². The van der Waals surface area contributed by atoms with E-state index >= 15 is 0 Å². The summed E-state index contributed by atoms with van der Waals surface area (Å²) in [4.78, 5) is 49.4. The van der Waals surface area contributed by atoms with E-state index in [1.54, 1.807) is 27.7 Å². The monoisotopic (exact) mass is 595 g/mol. The number of rotatable bonds is 6. The molecular formula is C28H33F4N5O5. The number of nitrogens with zero attached hydrogens (tertiary/aromatic N) is 4. The van der Waals surface area contributed by atoms with Gasteiger partial charge in [0.25, 0.3) is 0 Å². The van der Waals surface area contributed by atoms with Crippen molar-refractivity contribution in [1.82, 2.24) is 25.1 Å². The lowest BCUT2D eigenvalue weighted by Gasteiger charge is -2.35. The Hall–Kier alpha value is -3.81. The molecule has 2 aliphatic heterocycles. The zero-order valence-electron chi connectivity index (χ0n) is 23.8. The summed E-state index contributed by atoms with van der Waals surface area (Å²) in [5.41, 5.74) is -1.78. The van der Waals surface area contributed by atoms with Crippen LogP contribution in [0, 0.1) is 5.82 Å². The minimum absolute atomic E-state index is 0.0110. The topological polar surface area (TPSA) is 114 Å². The SMILES string of the molecule is C[C@H]1CN(C[C@H](CC(=O)N2CCc3c(nc(-c4ccc(F)cc4)nc3C(F)(F)F)C2)NC(=O)OC(C)(C)C)C(=O)CO1. The number of amides is 3. The van der Waals surface area contributed by atoms with Crippen LogP contribution in [0.25, 0.3) is 11.4 Å². The van der Waals surface area contributed by atoms with E-state index in [1.807, 2.05) is 0 Å². The van der Waals surface area contributed by atoms with Crippen molar-refractivity contribution in [3.05, 3.63) is 47.0 Å². The van der Waals surface area contributed by atoms with Gasteiger partial charge in [-0.05, 0) is 58.4 Å². The molecule has 0 radical (unpaired) electrons. The first-order valence-electron chi connectivity index (χ1n) is 13.5. The lowest BCUT2D eigenvalue weighted by atomic mass is 10.0. The van der Waals surface area contributed by atoms with E-state index in [2.05, 4.69) is 15.3 Å². The second kappa shape index (κ2) is 12.2. The van der Waals surface area contributed by atoms with E-state index in [4.69, 9.17) is 9.47 Å². The molecular weight excluding hydrogens is 562 g/mol. The number of fused-ring (bicyclic) bond motifs is 1. The third-order valence-electron chi connectivity index (χ3n) is 6.69. The van der Waals surface area contributed by atoms with Gasteiger partial charge in [-0.15, -0.1) is 0 Å². The van der Waals surface area contributed by atoms with Crippen molar-refractivity contribution in [3.63, 3.8) is 0 Å². The number of hydrogen-bond donors (Lipinski definition) is 1. The number of alkyl carbamates (subject to hydrolysis) is 1. The van der Waals surface area contributed by atoms with Crippen molar-refractivity contribution in [1.29, 1.82) is 0 Å². The molecule has 14 heteroatoms. The highest BCUT2D eigenvalue weighted by atomic mass is 19.4. The lowest BCUT2D eigenvalue weighted by molar-refractivity contribution is -0.149. The molecule has 1 N–H and O–H groups in total. The number of nitrogens with one attached hydrogen (secondary N) is 1. The molecule has 2 aromatic rings. The van der Waals surface area contributed by atoms with Crippen LogP contribution in [0.3, 0.4) is 0 Å². The first-order chi connectivity index (χ1) is 19.6. The lowest BCUT2D eigenvalue weighted by Crippen LogP contribution is -2.53. The number of halogens is 4. The third kappa shape index (κ3) is 7.93. The summed E-state index contributed by atoms with van der Waals surface area (Å²) >= 11 is 0. The first kappa shape index (κ1) is 31.1. The highest BCUT2D eigenvalue weighted by Crippen LogP contribution is 2.35. The molecule has 2 aliphatic rings. The molecule has 1 aromatic carbocycles. The van der Waals surface area contributed by atoms with Gasteiger partial charge in [-0.1, -0.05) is 0 Å². The molecule has 1 saturated heterocycles. The van der Waals surface area contributed by atoms with Crippen molar-refractivity contribution in [2.75, 3.05) is 26.2 Å². The van der Waals surface area contributed by atoms with Gasteiger partial charge >= 0.3 is 12.3 Å². The Kier molecular flexibility index (Phi) is 9.04. The maximum atomic E-state index is 14.0. The zero-order valence-corrected chi connectivity index (χ0v) is 23.8. The normalized spacial score (nSPS) is 18.4. The first-order valence-corrected chi connectivity index (χ1v) is 13.5. The fraction of sp³-hybridized carbons (Fsp3) is 0.536. The number of ether oxygens (including phenoxy) is 2. The number of carbonyl (C=O) groups excluding carboxylic acids is 3. The van der Waals surface area contributed by atoms with Crippen LogP contribution in [0.4, 0.5) is 22.4 Å².